The van der Waals surface area contributed by atoms with E-state index in [4.69, 9.17) is 0 Å². The van der Waals surface area contributed by atoms with Crippen molar-refractivity contribution in [2.45, 2.75) is 39.7 Å². The van der Waals surface area contributed by atoms with Crippen LogP contribution >= 0.6 is 0 Å². The summed E-state index contributed by atoms with van der Waals surface area (Å²) < 4.78 is 2.00. The van der Waals surface area contributed by atoms with E-state index in [0.29, 0.717) is 5.92 Å². The van der Waals surface area contributed by atoms with Crippen molar-refractivity contribution in [3.05, 3.63) is 36.2 Å². The molecule has 1 saturated heterocycles. The fraction of sp³-hybridized carbons (Fsp3) is 0.500. The summed E-state index contributed by atoms with van der Waals surface area (Å²) in [6.07, 6.45) is 6.93. The van der Waals surface area contributed by atoms with Crippen molar-refractivity contribution in [2.75, 3.05) is 13.1 Å². The first-order chi connectivity index (χ1) is 11.2. The maximum Gasteiger partial charge on any atom is 0.219 e. The van der Waals surface area contributed by atoms with E-state index < -0.39 is 0 Å². The normalized spacial score (nSPS) is 17.7. The lowest BCUT2D eigenvalue weighted by Crippen LogP contribution is -2.26. The average Bonchev–Trinajstić information content (AvgIpc) is 3.18. The van der Waals surface area contributed by atoms with Gasteiger partial charge in [-0.15, -0.1) is 0 Å². The molecule has 1 atom stereocenters. The van der Waals surface area contributed by atoms with Crippen LogP contribution in [0.25, 0.3) is 11.4 Å². The predicted octanol–water partition coefficient (Wildman–Crippen LogP) is 2.77. The van der Waals surface area contributed by atoms with Crippen LogP contribution in [0.3, 0.4) is 0 Å². The number of amides is 1. The molecule has 1 fully saturated rings. The molecule has 2 aromatic heterocycles. The molecule has 0 bridgehead atoms. The van der Waals surface area contributed by atoms with Crippen LogP contribution in [0.5, 0.6) is 0 Å². The fourth-order valence-corrected chi connectivity index (χ4v) is 3.26. The summed E-state index contributed by atoms with van der Waals surface area (Å²) in [6.45, 7) is 6.48. The van der Waals surface area contributed by atoms with Crippen molar-refractivity contribution in [3.8, 4) is 11.4 Å². The zero-order valence-electron chi connectivity index (χ0n) is 13.9. The standard InChI is InChI=1S/C18H24N4O/c1-3-9-22-18(6-8-20-22)17-5-4-15(12-19-17)11-16-7-10-21(13-16)14(2)23/h4-6,8,12,16H,3,7,9-11,13H2,1-2H3/t16-/m1/s1. The van der Waals surface area contributed by atoms with Gasteiger partial charge in [-0.2, -0.15) is 5.10 Å². The van der Waals surface area contributed by atoms with Crippen molar-refractivity contribution in [3.63, 3.8) is 0 Å². The van der Waals surface area contributed by atoms with Gasteiger partial charge in [0.25, 0.3) is 0 Å². The molecule has 1 aliphatic rings. The van der Waals surface area contributed by atoms with E-state index in [2.05, 4.69) is 29.1 Å². The highest BCUT2D eigenvalue weighted by molar-refractivity contribution is 5.73. The van der Waals surface area contributed by atoms with E-state index in [1.54, 1.807) is 6.92 Å². The molecule has 23 heavy (non-hydrogen) atoms. The van der Waals surface area contributed by atoms with Crippen molar-refractivity contribution in [1.29, 1.82) is 0 Å². The highest BCUT2D eigenvalue weighted by atomic mass is 16.2. The van der Waals surface area contributed by atoms with Gasteiger partial charge < -0.3 is 4.90 Å². The summed E-state index contributed by atoms with van der Waals surface area (Å²) in [5.41, 5.74) is 3.28. The predicted molar refractivity (Wildman–Crippen MR) is 89.8 cm³/mol. The van der Waals surface area contributed by atoms with Crippen LogP contribution in [0.1, 0.15) is 32.3 Å². The van der Waals surface area contributed by atoms with Crippen molar-refractivity contribution in [2.24, 2.45) is 5.92 Å². The Bertz CT molecular complexity index is 662. The first-order valence-corrected chi connectivity index (χ1v) is 8.40. The van der Waals surface area contributed by atoms with Crippen LogP contribution in [-0.2, 0) is 17.8 Å². The van der Waals surface area contributed by atoms with Gasteiger partial charge in [-0.3, -0.25) is 14.5 Å². The molecule has 3 heterocycles. The third-order valence-electron chi connectivity index (χ3n) is 4.49. The van der Waals surface area contributed by atoms with Crippen molar-refractivity contribution >= 4 is 5.91 Å². The highest BCUT2D eigenvalue weighted by Crippen LogP contribution is 2.22. The van der Waals surface area contributed by atoms with E-state index >= 15 is 0 Å². The molecule has 1 amide bonds. The van der Waals surface area contributed by atoms with Crippen LogP contribution in [0, 0.1) is 5.92 Å². The van der Waals surface area contributed by atoms with E-state index in [1.165, 1.54) is 5.56 Å². The molecule has 0 aliphatic carbocycles. The zero-order chi connectivity index (χ0) is 16.2. The Morgan fingerprint density at radius 1 is 1.35 bits per heavy atom. The number of pyridine rings is 1. The molecular formula is C18H24N4O. The molecule has 122 valence electrons. The summed E-state index contributed by atoms with van der Waals surface area (Å²) in [5, 5.41) is 4.35. The molecular weight excluding hydrogens is 288 g/mol. The Hall–Kier alpha value is -2.17. The van der Waals surface area contributed by atoms with Gasteiger partial charge in [-0.25, -0.2) is 0 Å². The number of hydrogen-bond acceptors (Lipinski definition) is 3. The minimum Gasteiger partial charge on any atom is -0.343 e. The first kappa shape index (κ1) is 15.7. The molecule has 1 aliphatic heterocycles. The van der Waals surface area contributed by atoms with Crippen LogP contribution in [0.15, 0.2) is 30.6 Å². The van der Waals surface area contributed by atoms with Gasteiger partial charge in [0.1, 0.15) is 0 Å². The van der Waals surface area contributed by atoms with Gasteiger partial charge in [0.05, 0.1) is 11.4 Å². The summed E-state index contributed by atoms with van der Waals surface area (Å²) in [6, 6.07) is 6.25. The van der Waals surface area contributed by atoms with Crippen LogP contribution in [-0.4, -0.2) is 38.7 Å². The molecule has 0 spiro atoms. The first-order valence-electron chi connectivity index (χ1n) is 8.40. The SMILES string of the molecule is CCCn1nccc1-c1ccc(C[C@H]2CCN(C(C)=O)C2)cn1. The Kier molecular flexibility index (Phi) is 4.74. The monoisotopic (exact) mass is 312 g/mol. The number of rotatable bonds is 5. The Morgan fingerprint density at radius 2 is 2.22 bits per heavy atom. The number of hydrogen-bond donors (Lipinski definition) is 0. The zero-order valence-corrected chi connectivity index (χ0v) is 13.9. The molecule has 0 radical (unpaired) electrons. The lowest BCUT2D eigenvalue weighted by Gasteiger charge is -2.14. The van der Waals surface area contributed by atoms with Gasteiger partial charge in [0.2, 0.25) is 5.91 Å². The number of nitrogens with zero attached hydrogens (tertiary/aromatic N) is 4. The van der Waals surface area contributed by atoms with Gasteiger partial charge in [-0.1, -0.05) is 13.0 Å². The Labute approximate surface area is 137 Å². The second-order valence-electron chi connectivity index (χ2n) is 6.32. The number of carbonyl (C=O) groups is 1. The lowest BCUT2D eigenvalue weighted by atomic mass is 9.99. The van der Waals surface area contributed by atoms with E-state index in [9.17, 15) is 4.79 Å². The number of carbonyl (C=O) groups excluding carboxylic acids is 1. The minimum atomic E-state index is 0.185. The quantitative estimate of drug-likeness (QED) is 0.853. The van der Waals surface area contributed by atoms with Gasteiger partial charge in [-0.05, 0) is 42.9 Å². The third-order valence-corrected chi connectivity index (χ3v) is 4.49. The molecule has 0 saturated carbocycles. The van der Waals surface area contributed by atoms with Gasteiger partial charge >= 0.3 is 0 Å². The van der Waals surface area contributed by atoms with Crippen molar-refractivity contribution < 1.29 is 4.79 Å². The minimum absolute atomic E-state index is 0.185. The highest BCUT2D eigenvalue weighted by Gasteiger charge is 2.24. The van der Waals surface area contributed by atoms with E-state index in [0.717, 1.165) is 50.3 Å². The largest absolute Gasteiger partial charge is 0.343 e. The molecule has 5 nitrogen and oxygen atoms in total. The van der Waals surface area contributed by atoms with Crippen LogP contribution < -0.4 is 0 Å². The van der Waals surface area contributed by atoms with E-state index in [1.807, 2.05) is 28.0 Å². The summed E-state index contributed by atoms with van der Waals surface area (Å²) in [4.78, 5) is 18.0. The van der Waals surface area contributed by atoms with Gasteiger partial charge in [0, 0.05) is 39.0 Å². The second kappa shape index (κ2) is 6.94. The summed E-state index contributed by atoms with van der Waals surface area (Å²) in [5.74, 6) is 0.738. The second-order valence-corrected chi connectivity index (χ2v) is 6.32. The molecule has 5 heteroatoms. The maximum absolute atomic E-state index is 11.4. The number of aryl methyl sites for hydroxylation is 1. The van der Waals surface area contributed by atoms with Crippen molar-refractivity contribution in [1.82, 2.24) is 19.7 Å². The fourth-order valence-electron chi connectivity index (χ4n) is 3.26. The molecule has 0 unspecified atom stereocenters. The number of likely N-dealkylation sites (tertiary alicyclic amines) is 1. The van der Waals surface area contributed by atoms with Crippen LogP contribution in [0.4, 0.5) is 0 Å². The molecule has 2 aromatic rings. The van der Waals surface area contributed by atoms with Crippen LogP contribution in [0.2, 0.25) is 0 Å². The smallest absolute Gasteiger partial charge is 0.219 e. The summed E-state index contributed by atoms with van der Waals surface area (Å²) >= 11 is 0. The number of aromatic nitrogens is 3. The Morgan fingerprint density at radius 3 is 2.87 bits per heavy atom. The topological polar surface area (TPSA) is 51.0 Å². The molecule has 0 N–H and O–H groups in total. The average molecular weight is 312 g/mol. The van der Waals surface area contributed by atoms with E-state index in [-0.39, 0.29) is 5.91 Å². The Balaban J connectivity index is 1.66. The molecule has 3 rings (SSSR count). The third kappa shape index (κ3) is 3.60. The molecule has 0 aromatic carbocycles. The maximum atomic E-state index is 11.4. The summed E-state index contributed by atoms with van der Waals surface area (Å²) in [7, 11) is 0. The van der Waals surface area contributed by atoms with Gasteiger partial charge in [0.15, 0.2) is 0 Å². The lowest BCUT2D eigenvalue weighted by molar-refractivity contribution is -0.127.